The zero-order valence-electron chi connectivity index (χ0n) is 21.0. The third-order valence-corrected chi connectivity index (χ3v) is 7.96. The molecule has 4 aromatic rings. The summed E-state index contributed by atoms with van der Waals surface area (Å²) in [5.74, 6) is -0.239. The van der Waals surface area contributed by atoms with Gasteiger partial charge in [-0.3, -0.25) is 14.2 Å². The highest BCUT2D eigenvalue weighted by atomic mass is 32.2. The highest BCUT2D eigenvalue weighted by Crippen LogP contribution is 2.31. The predicted octanol–water partition coefficient (Wildman–Crippen LogP) is 1.87. The molecule has 39 heavy (non-hydrogen) atoms. The van der Waals surface area contributed by atoms with E-state index in [1.54, 1.807) is 41.3 Å². The molecule has 0 bridgehead atoms. The number of hydrogen-bond donors (Lipinski definition) is 3. The molecular formula is C24H26N6O7S2. The maximum absolute atomic E-state index is 13.0. The second-order valence-electron chi connectivity index (χ2n) is 8.43. The molecule has 206 valence electrons. The van der Waals surface area contributed by atoms with Gasteiger partial charge in [-0.15, -0.1) is 0 Å². The molecule has 0 aliphatic heterocycles. The first-order valence-electron chi connectivity index (χ1n) is 11.5. The molecule has 0 saturated heterocycles. The minimum absolute atomic E-state index is 0.0262. The van der Waals surface area contributed by atoms with Crippen molar-refractivity contribution >= 4 is 42.7 Å². The average molecular weight is 575 g/mol. The number of nitrogens with zero attached hydrogens (tertiary/aromatic N) is 3. The van der Waals surface area contributed by atoms with Crippen LogP contribution in [0.25, 0.3) is 11.0 Å². The Morgan fingerprint density at radius 3 is 2.69 bits per heavy atom. The van der Waals surface area contributed by atoms with E-state index >= 15 is 0 Å². The molecule has 0 spiro atoms. The maximum Gasteiger partial charge on any atom is 0.266 e. The summed E-state index contributed by atoms with van der Waals surface area (Å²) in [4.78, 5) is 11.8. The lowest BCUT2D eigenvalue weighted by Gasteiger charge is -2.10. The average Bonchev–Trinajstić information content (AvgIpc) is 3.52. The molecule has 3 N–H and O–H groups in total. The van der Waals surface area contributed by atoms with Gasteiger partial charge in [0.15, 0.2) is 11.4 Å². The number of ether oxygens (including phenoxy) is 1. The fraction of sp³-hybridized carbons (Fsp3) is 0.208. The number of amides is 1. The summed E-state index contributed by atoms with van der Waals surface area (Å²) >= 11 is 0. The Bertz CT molecular complexity index is 1740. The van der Waals surface area contributed by atoms with Crippen LogP contribution in [-0.4, -0.2) is 51.3 Å². The Labute approximate surface area is 224 Å². The first-order chi connectivity index (χ1) is 18.5. The second kappa shape index (κ2) is 11.3. The number of benzene rings is 2. The van der Waals surface area contributed by atoms with E-state index in [4.69, 9.17) is 9.26 Å². The van der Waals surface area contributed by atoms with Crippen molar-refractivity contribution < 1.29 is 30.9 Å². The van der Waals surface area contributed by atoms with Crippen molar-refractivity contribution in [1.29, 1.82) is 0 Å². The van der Waals surface area contributed by atoms with Gasteiger partial charge in [-0.2, -0.15) is 5.10 Å². The summed E-state index contributed by atoms with van der Waals surface area (Å²) in [7, 11) is -6.29. The minimum atomic E-state index is -3.99. The standard InChI is InChI=1S/C24H26N6O7S2/c1-4-38(32,33)27-13-22(31)25-11-18-12-26-30(15-18)14-17-9-16(2)23-20(10-17)37-28-24(23)29-39(34,35)21-8-6-5-7-19(21)36-3/h4-10,12,15,27H,1,11,13-14H2,2-3H3,(H,25,31)(H,28,29). The molecule has 0 radical (unpaired) electrons. The molecule has 0 fully saturated rings. The number of carbonyl (C=O) groups is 1. The normalized spacial score (nSPS) is 11.8. The molecule has 0 saturated carbocycles. The zero-order chi connectivity index (χ0) is 28.2. The first kappa shape index (κ1) is 27.8. The van der Waals surface area contributed by atoms with Gasteiger partial charge in [0.2, 0.25) is 15.9 Å². The van der Waals surface area contributed by atoms with Crippen molar-refractivity contribution in [3.05, 3.63) is 77.5 Å². The number of aromatic nitrogens is 3. The van der Waals surface area contributed by atoms with Gasteiger partial charge in [-0.25, -0.2) is 21.6 Å². The number of aryl methyl sites for hydroxylation is 1. The fourth-order valence-corrected chi connectivity index (χ4v) is 5.41. The Morgan fingerprint density at radius 2 is 1.95 bits per heavy atom. The monoisotopic (exact) mass is 574 g/mol. The van der Waals surface area contributed by atoms with Crippen molar-refractivity contribution in [3.63, 3.8) is 0 Å². The van der Waals surface area contributed by atoms with Crippen LogP contribution in [0.1, 0.15) is 16.7 Å². The number of para-hydroxylation sites is 1. The minimum Gasteiger partial charge on any atom is -0.495 e. The summed E-state index contributed by atoms with van der Waals surface area (Å²) in [5, 5.41) is 12.1. The molecule has 4 rings (SSSR count). The van der Waals surface area contributed by atoms with E-state index < -0.39 is 32.5 Å². The third kappa shape index (κ3) is 6.63. The van der Waals surface area contributed by atoms with Crippen LogP contribution in [0, 0.1) is 6.92 Å². The van der Waals surface area contributed by atoms with Crippen LogP contribution in [0.2, 0.25) is 0 Å². The summed E-state index contributed by atoms with van der Waals surface area (Å²) < 4.78 is 65.5. The summed E-state index contributed by atoms with van der Waals surface area (Å²) in [6, 6.07) is 9.86. The molecule has 0 unspecified atom stereocenters. The Balaban J connectivity index is 1.44. The Kier molecular flexibility index (Phi) is 8.03. The van der Waals surface area contributed by atoms with E-state index in [2.05, 4.69) is 31.6 Å². The lowest BCUT2D eigenvalue weighted by Crippen LogP contribution is -2.35. The van der Waals surface area contributed by atoms with Crippen LogP contribution < -0.4 is 19.5 Å². The smallest absolute Gasteiger partial charge is 0.266 e. The number of rotatable bonds is 12. The highest BCUT2D eigenvalue weighted by Gasteiger charge is 2.23. The van der Waals surface area contributed by atoms with E-state index in [-0.39, 0.29) is 23.0 Å². The largest absolute Gasteiger partial charge is 0.495 e. The summed E-state index contributed by atoms with van der Waals surface area (Å²) in [6.45, 7) is 5.09. The number of anilines is 1. The third-order valence-electron chi connectivity index (χ3n) is 5.60. The predicted molar refractivity (Wildman–Crippen MR) is 143 cm³/mol. The van der Waals surface area contributed by atoms with E-state index in [1.165, 1.54) is 13.2 Å². The van der Waals surface area contributed by atoms with Crippen LogP contribution in [0.3, 0.4) is 0 Å². The van der Waals surface area contributed by atoms with Gasteiger partial charge < -0.3 is 14.6 Å². The van der Waals surface area contributed by atoms with Crippen LogP contribution >= 0.6 is 0 Å². The van der Waals surface area contributed by atoms with Crippen molar-refractivity contribution in [2.75, 3.05) is 18.4 Å². The molecule has 0 aliphatic carbocycles. The van der Waals surface area contributed by atoms with Crippen molar-refractivity contribution in [2.24, 2.45) is 0 Å². The summed E-state index contributed by atoms with van der Waals surface area (Å²) in [5.41, 5.74) is 2.67. The highest BCUT2D eigenvalue weighted by molar-refractivity contribution is 7.93. The molecule has 0 atom stereocenters. The van der Waals surface area contributed by atoms with Crippen LogP contribution in [0.15, 0.2) is 70.2 Å². The van der Waals surface area contributed by atoms with Crippen LogP contribution in [0.5, 0.6) is 5.75 Å². The zero-order valence-corrected chi connectivity index (χ0v) is 22.7. The number of methoxy groups -OCH3 is 1. The molecule has 15 heteroatoms. The van der Waals surface area contributed by atoms with E-state index in [0.717, 1.165) is 16.5 Å². The van der Waals surface area contributed by atoms with Gasteiger partial charge in [0.05, 0.1) is 31.8 Å². The molecule has 2 heterocycles. The van der Waals surface area contributed by atoms with Gasteiger partial charge in [0.1, 0.15) is 10.6 Å². The van der Waals surface area contributed by atoms with Gasteiger partial charge in [0, 0.05) is 23.7 Å². The molecular weight excluding hydrogens is 548 g/mol. The van der Waals surface area contributed by atoms with E-state index in [0.29, 0.717) is 23.1 Å². The van der Waals surface area contributed by atoms with Crippen molar-refractivity contribution in [3.8, 4) is 5.75 Å². The fourth-order valence-electron chi connectivity index (χ4n) is 3.79. The second-order valence-corrected chi connectivity index (χ2v) is 11.8. The number of carbonyl (C=O) groups excluding carboxylic acids is 1. The Morgan fingerprint density at radius 1 is 1.18 bits per heavy atom. The molecule has 13 nitrogen and oxygen atoms in total. The molecule has 0 aliphatic rings. The lowest BCUT2D eigenvalue weighted by molar-refractivity contribution is -0.120. The van der Waals surface area contributed by atoms with Crippen LogP contribution in [0.4, 0.5) is 5.82 Å². The van der Waals surface area contributed by atoms with Crippen LogP contribution in [-0.2, 0) is 37.9 Å². The molecule has 2 aromatic carbocycles. The number of sulfonamides is 2. The molecule has 2 aromatic heterocycles. The quantitative estimate of drug-likeness (QED) is 0.228. The maximum atomic E-state index is 13.0. The van der Waals surface area contributed by atoms with E-state index in [1.807, 2.05) is 13.0 Å². The number of nitrogens with one attached hydrogen (secondary N) is 3. The SMILES string of the molecule is C=CS(=O)(=O)NCC(=O)NCc1cnn(Cc2cc(C)c3c(NS(=O)(=O)c4ccccc4OC)noc3c2)c1. The summed E-state index contributed by atoms with van der Waals surface area (Å²) in [6.07, 6.45) is 3.32. The molecule has 1 amide bonds. The first-order valence-corrected chi connectivity index (χ1v) is 14.5. The van der Waals surface area contributed by atoms with Gasteiger partial charge in [0.25, 0.3) is 10.0 Å². The van der Waals surface area contributed by atoms with Crippen molar-refractivity contribution in [1.82, 2.24) is 25.0 Å². The topological polar surface area (TPSA) is 175 Å². The van der Waals surface area contributed by atoms with Crippen molar-refractivity contribution in [2.45, 2.75) is 24.9 Å². The Hall–Kier alpha value is -4.21. The van der Waals surface area contributed by atoms with E-state index in [9.17, 15) is 21.6 Å². The van der Waals surface area contributed by atoms with Gasteiger partial charge in [-0.05, 0) is 36.2 Å². The van der Waals surface area contributed by atoms with Gasteiger partial charge in [-0.1, -0.05) is 29.9 Å². The van der Waals surface area contributed by atoms with Gasteiger partial charge >= 0.3 is 0 Å². The number of fused-ring (bicyclic) bond motifs is 1. The lowest BCUT2D eigenvalue weighted by atomic mass is 10.1. The number of hydrogen-bond acceptors (Lipinski definition) is 9.